The van der Waals surface area contributed by atoms with Crippen molar-refractivity contribution in [3.05, 3.63) is 131 Å². The van der Waals surface area contributed by atoms with Crippen LogP contribution in [-0.4, -0.2) is 0 Å². The van der Waals surface area contributed by atoms with Crippen molar-refractivity contribution in [2.24, 2.45) is 0 Å². The van der Waals surface area contributed by atoms with Gasteiger partial charge in [-0.25, -0.2) is 0 Å². The first-order chi connectivity index (χ1) is 16.6. The van der Waals surface area contributed by atoms with Crippen molar-refractivity contribution in [1.82, 2.24) is 0 Å². The molecule has 0 N–H and O–H groups in total. The fraction of sp³-hybridized carbons (Fsp3) is 0.0690. The molecule has 168 valence electrons. The lowest BCUT2D eigenvalue weighted by Crippen LogP contribution is -2.37. The fourth-order valence-electron chi connectivity index (χ4n) is 4.48. The molecular formula is C29H25ClNP2S+. The lowest BCUT2D eigenvalue weighted by atomic mass is 10.2. The maximum absolute atomic E-state index is 6.74. The fourth-order valence-corrected chi connectivity index (χ4v) is 13.6. The van der Waals surface area contributed by atoms with Gasteiger partial charge < -0.3 is 0 Å². The highest BCUT2D eigenvalue weighted by Gasteiger charge is 2.35. The summed E-state index contributed by atoms with van der Waals surface area (Å²) in [6.45, 7) is 3.05. The molecule has 2 heterocycles. The summed E-state index contributed by atoms with van der Waals surface area (Å²) < 4.78 is 2.45. The first-order valence-corrected chi connectivity index (χ1v) is 15.8. The van der Waals surface area contributed by atoms with Crippen LogP contribution in [0.15, 0.2) is 115 Å². The molecule has 5 aromatic rings. The van der Waals surface area contributed by atoms with Gasteiger partial charge in [0.25, 0.3) is 0 Å². The van der Waals surface area contributed by atoms with E-state index < -0.39 is 13.4 Å². The molecule has 0 aliphatic carbocycles. The third kappa shape index (κ3) is 4.33. The van der Waals surface area contributed by atoms with E-state index in [1.165, 1.54) is 26.6 Å². The average molecular weight is 517 g/mol. The zero-order chi connectivity index (χ0) is 23.5. The average Bonchev–Trinajstić information content (AvgIpc) is 3.16. The van der Waals surface area contributed by atoms with Crippen LogP contribution >= 0.6 is 25.0 Å². The summed E-state index contributed by atoms with van der Waals surface area (Å²) in [5.74, 6) is 2.37. The van der Waals surface area contributed by atoms with Crippen molar-refractivity contribution < 1.29 is 4.57 Å². The van der Waals surface area contributed by atoms with Crippen LogP contribution < -0.4 is 20.2 Å². The molecule has 0 spiro atoms. The van der Waals surface area contributed by atoms with Gasteiger partial charge in [-0.2, -0.15) is 4.57 Å². The Kier molecular flexibility index (Phi) is 6.87. The number of fused-ring (bicyclic) bond motifs is 1. The first-order valence-electron chi connectivity index (χ1n) is 11.2. The number of allylic oxidation sites excluding steroid dienone is 1. The zero-order valence-electron chi connectivity index (χ0n) is 18.9. The third-order valence-electron chi connectivity index (χ3n) is 6.06. The van der Waals surface area contributed by atoms with Crippen LogP contribution in [0.4, 0.5) is 0 Å². The van der Waals surface area contributed by atoms with Crippen molar-refractivity contribution in [3.8, 4) is 0 Å². The number of nitrogens with zero attached hydrogens (tertiary/aromatic N) is 1. The lowest BCUT2D eigenvalue weighted by Gasteiger charge is -2.22. The molecule has 0 aliphatic rings. The molecule has 1 atom stereocenters. The zero-order valence-corrected chi connectivity index (χ0v) is 22.2. The summed E-state index contributed by atoms with van der Waals surface area (Å²) in [6.07, 6.45) is 4.37. The number of halogens is 1. The van der Waals surface area contributed by atoms with Crippen LogP contribution in [0.3, 0.4) is 0 Å². The first kappa shape index (κ1) is 23.3. The standard InChI is InChI=1S/C29H25ClNP2S/c1-23-29(33(34,26-15-4-2-5-16-26)27-17-6-3-7-18-27)32-21-9-8-19-28(32)31(23)20-11-13-24-12-10-14-25(30)22-24/h2-19,21-22H,20H2,1H3/q+1/b13-11+. The van der Waals surface area contributed by atoms with Gasteiger partial charge in [0, 0.05) is 24.1 Å². The van der Waals surface area contributed by atoms with E-state index in [2.05, 4.69) is 114 Å². The molecule has 1 nitrogen and oxygen atoms in total. The minimum absolute atomic E-state index is 0.628. The molecule has 0 bridgehead atoms. The summed E-state index contributed by atoms with van der Waals surface area (Å²) in [5, 5.41) is 6.06. The normalized spacial score (nSPS) is 12.5. The van der Waals surface area contributed by atoms with Crippen LogP contribution in [0.25, 0.3) is 11.3 Å². The number of rotatable bonds is 6. The molecule has 0 saturated heterocycles. The highest BCUT2D eigenvalue weighted by atomic mass is 35.5. The maximum Gasteiger partial charge on any atom is 0.227 e. The minimum Gasteiger partial charge on any atom is -0.188 e. The molecule has 5 rings (SSSR count). The maximum atomic E-state index is 6.74. The van der Waals surface area contributed by atoms with Gasteiger partial charge in [0.15, 0.2) is 12.2 Å². The van der Waals surface area contributed by atoms with E-state index in [1.807, 2.05) is 18.2 Å². The predicted octanol–water partition coefficient (Wildman–Crippen LogP) is 6.84. The van der Waals surface area contributed by atoms with Crippen molar-refractivity contribution >= 4 is 63.8 Å². The van der Waals surface area contributed by atoms with Crippen LogP contribution in [0.5, 0.6) is 0 Å². The second kappa shape index (κ2) is 10.0. The lowest BCUT2D eigenvalue weighted by molar-refractivity contribution is -0.663. The monoisotopic (exact) mass is 516 g/mol. The SMILES string of the molecule is Cc1c(P(=S)(c2ccccc2)c2ccccc2)p2ccccc2[n+]1C/C=C/c1cccc(Cl)c1. The second-order valence-corrected chi connectivity index (χ2v) is 15.3. The van der Waals surface area contributed by atoms with Gasteiger partial charge in [0.2, 0.25) is 5.25 Å². The molecule has 1 unspecified atom stereocenters. The molecule has 0 fully saturated rings. The van der Waals surface area contributed by atoms with Gasteiger partial charge in [-0.05, 0) is 47.5 Å². The van der Waals surface area contributed by atoms with Gasteiger partial charge >= 0.3 is 0 Å². The van der Waals surface area contributed by atoms with Gasteiger partial charge in [0.1, 0.15) is 0 Å². The molecule has 0 radical (unpaired) electrons. The number of aromatic nitrogens is 1. The number of hydrogen-bond acceptors (Lipinski definition) is 1. The van der Waals surface area contributed by atoms with Crippen LogP contribution in [0.1, 0.15) is 11.3 Å². The summed E-state index contributed by atoms with van der Waals surface area (Å²) in [7, 11) is -0.628. The van der Waals surface area contributed by atoms with E-state index in [0.717, 1.165) is 17.1 Å². The Morgan fingerprint density at radius 2 is 1.50 bits per heavy atom. The number of hydrogen-bond donors (Lipinski definition) is 0. The van der Waals surface area contributed by atoms with Crippen molar-refractivity contribution in [2.75, 3.05) is 0 Å². The molecule has 0 aliphatic heterocycles. The number of benzene rings is 3. The minimum atomic E-state index is -2.20. The Bertz CT molecular complexity index is 1480. The van der Waals surface area contributed by atoms with E-state index in [1.54, 1.807) is 0 Å². The summed E-state index contributed by atoms with van der Waals surface area (Å²) in [6, 6.07) is 33.8. The highest BCUT2D eigenvalue weighted by Crippen LogP contribution is 2.50. The molecule has 0 amide bonds. The van der Waals surface area contributed by atoms with Gasteiger partial charge in [0.05, 0.1) is 5.04 Å². The molecule has 2 aromatic heterocycles. The van der Waals surface area contributed by atoms with E-state index >= 15 is 0 Å². The van der Waals surface area contributed by atoms with Crippen LogP contribution in [-0.2, 0) is 18.4 Å². The van der Waals surface area contributed by atoms with Gasteiger partial charge in [-0.15, -0.1) is 0 Å². The van der Waals surface area contributed by atoms with Gasteiger partial charge in [-0.1, -0.05) is 114 Å². The van der Waals surface area contributed by atoms with Crippen LogP contribution in [0.2, 0.25) is 5.02 Å². The Balaban J connectivity index is 1.69. The Labute approximate surface area is 212 Å². The summed E-state index contributed by atoms with van der Waals surface area (Å²) in [5.41, 5.74) is 2.41. The molecule has 5 heteroatoms. The third-order valence-corrected chi connectivity index (χ3v) is 15.2. The Hall–Kier alpha value is -2.47. The highest BCUT2D eigenvalue weighted by molar-refractivity contribution is 8.27. The summed E-state index contributed by atoms with van der Waals surface area (Å²) >= 11 is 12.9. The van der Waals surface area contributed by atoms with E-state index in [-0.39, 0.29) is 0 Å². The Morgan fingerprint density at radius 1 is 0.853 bits per heavy atom. The van der Waals surface area contributed by atoms with E-state index in [0.29, 0.717) is 0 Å². The molecular weight excluding hydrogens is 492 g/mol. The van der Waals surface area contributed by atoms with Crippen molar-refractivity contribution in [1.29, 1.82) is 0 Å². The smallest absolute Gasteiger partial charge is 0.188 e. The molecule has 34 heavy (non-hydrogen) atoms. The molecule has 3 aromatic carbocycles. The predicted molar refractivity (Wildman–Crippen MR) is 154 cm³/mol. The van der Waals surface area contributed by atoms with Crippen molar-refractivity contribution in [2.45, 2.75) is 13.5 Å². The summed E-state index contributed by atoms with van der Waals surface area (Å²) in [4.78, 5) is 0. The largest absolute Gasteiger partial charge is 0.227 e. The second-order valence-electron chi connectivity index (χ2n) is 8.19. The van der Waals surface area contributed by atoms with Gasteiger partial charge in [-0.3, -0.25) is 0 Å². The van der Waals surface area contributed by atoms with Crippen molar-refractivity contribution in [3.63, 3.8) is 0 Å². The van der Waals surface area contributed by atoms with Crippen LogP contribution in [0, 0.1) is 6.92 Å². The Morgan fingerprint density at radius 3 is 2.15 bits per heavy atom. The quantitative estimate of drug-likeness (QED) is 0.176. The van der Waals surface area contributed by atoms with E-state index in [9.17, 15) is 0 Å². The van der Waals surface area contributed by atoms with E-state index in [4.69, 9.17) is 23.4 Å². The topological polar surface area (TPSA) is 3.88 Å². The molecule has 0 saturated carbocycles.